The molecule has 0 saturated heterocycles. The van der Waals surface area contributed by atoms with E-state index in [1.165, 1.54) is 6.07 Å². The molecule has 1 aromatic carbocycles. The standard InChI is InChI=1S/C19H21FN3O.Na/c1-2-15-18(21)8-13(9-19(15)23-24)16-6-5-14(20)10-17(16)12-4-3-7-22-11-12;/h4-6,10-11,13,19,21,23-24H,3,7-9H2,1H3;/q-1;+1/t13-,19?;/m1./s1. The van der Waals surface area contributed by atoms with Gasteiger partial charge in [0.1, 0.15) is 5.82 Å². The Hall–Kier alpha value is -1.11. The van der Waals surface area contributed by atoms with Crippen molar-refractivity contribution in [2.24, 2.45) is 4.99 Å². The van der Waals surface area contributed by atoms with Gasteiger partial charge in [0, 0.05) is 18.8 Å². The van der Waals surface area contributed by atoms with Gasteiger partial charge >= 0.3 is 29.6 Å². The predicted molar refractivity (Wildman–Crippen MR) is 93.2 cm³/mol. The van der Waals surface area contributed by atoms with E-state index in [2.05, 4.69) is 22.6 Å². The van der Waals surface area contributed by atoms with Crippen LogP contribution in [0.4, 0.5) is 4.39 Å². The number of hydrogen-bond acceptors (Lipinski definition) is 4. The number of halogens is 1. The van der Waals surface area contributed by atoms with Crippen molar-refractivity contribution >= 4 is 17.5 Å². The minimum absolute atomic E-state index is 0. The van der Waals surface area contributed by atoms with Crippen LogP contribution in [0.1, 0.15) is 43.2 Å². The van der Waals surface area contributed by atoms with E-state index in [1.54, 1.807) is 25.3 Å². The van der Waals surface area contributed by atoms with Crippen molar-refractivity contribution in [2.45, 2.75) is 38.1 Å². The Labute approximate surface area is 169 Å². The van der Waals surface area contributed by atoms with Crippen LogP contribution in [-0.4, -0.2) is 29.7 Å². The molecule has 1 aliphatic carbocycles. The molecule has 0 radical (unpaired) electrons. The number of allylic oxidation sites excluding steroid dienone is 2. The largest absolute Gasteiger partial charge is 1.00 e. The summed E-state index contributed by atoms with van der Waals surface area (Å²) in [6.45, 7) is 2.51. The fourth-order valence-electron chi connectivity index (χ4n) is 3.56. The van der Waals surface area contributed by atoms with Crippen LogP contribution < -0.4 is 35.0 Å². The van der Waals surface area contributed by atoms with Crippen LogP contribution in [0.2, 0.25) is 0 Å². The van der Waals surface area contributed by atoms with E-state index in [9.17, 15) is 9.60 Å². The fourth-order valence-corrected chi connectivity index (χ4v) is 3.56. The second-order valence-corrected chi connectivity index (χ2v) is 6.18. The molecular formula is C19H21FN3NaO. The number of hydrogen-bond donors (Lipinski definition) is 3. The molecule has 3 N–H and O–H groups in total. The summed E-state index contributed by atoms with van der Waals surface area (Å²) in [6.07, 6.45) is 8.90. The smallest absolute Gasteiger partial charge is 0.399 e. The molecule has 1 aliphatic heterocycles. The minimum atomic E-state index is -0.326. The number of rotatable bonds is 3. The summed E-state index contributed by atoms with van der Waals surface area (Å²) in [5.74, 6) is -0.245. The number of aliphatic imine (C=N–C) groups is 1. The second kappa shape index (κ2) is 9.01. The summed E-state index contributed by atoms with van der Waals surface area (Å²) in [5.41, 5.74) is 6.21. The quantitative estimate of drug-likeness (QED) is 0.427. The summed E-state index contributed by atoms with van der Waals surface area (Å²) < 4.78 is 13.8. The number of hydroxylamine groups is 1. The molecule has 0 spiro atoms. The Kier molecular flexibility index (Phi) is 7.28. The van der Waals surface area contributed by atoms with Crippen LogP contribution in [0.5, 0.6) is 0 Å². The van der Waals surface area contributed by atoms with Crippen LogP contribution in [0.3, 0.4) is 0 Å². The number of dihydropyridines is 1. The number of nitrogens with one attached hydrogen (secondary N) is 2. The number of nitrogens with zero attached hydrogens (tertiary/aromatic N) is 1. The van der Waals surface area contributed by atoms with Crippen LogP contribution >= 0.6 is 0 Å². The number of benzene rings is 1. The molecule has 0 aromatic heterocycles. The first-order valence-electron chi connectivity index (χ1n) is 8.15. The Balaban J connectivity index is 0.00000225. The molecule has 25 heavy (non-hydrogen) atoms. The normalized spacial score (nSPS) is 24.8. The summed E-state index contributed by atoms with van der Waals surface area (Å²) in [4.78, 5) is 4.30. The average molecular weight is 349 g/mol. The van der Waals surface area contributed by atoms with E-state index < -0.39 is 0 Å². The molecule has 1 saturated carbocycles. The molecule has 126 valence electrons. The molecule has 0 amide bonds. The fraction of sp³-hybridized carbons (Fsp3) is 0.368. The van der Waals surface area contributed by atoms with Gasteiger partial charge in [0.15, 0.2) is 0 Å². The third-order valence-corrected chi connectivity index (χ3v) is 4.69. The van der Waals surface area contributed by atoms with Gasteiger partial charge in [-0.05, 0) is 47.6 Å². The zero-order valence-electron chi connectivity index (χ0n) is 14.6. The topological polar surface area (TPSA) is 68.5 Å². The van der Waals surface area contributed by atoms with Crippen molar-refractivity contribution in [2.75, 3.05) is 6.54 Å². The van der Waals surface area contributed by atoms with Crippen molar-refractivity contribution in [1.82, 2.24) is 5.48 Å². The van der Waals surface area contributed by atoms with Gasteiger partial charge < -0.3 is 10.6 Å². The molecule has 1 heterocycles. The second-order valence-electron chi connectivity index (χ2n) is 6.18. The van der Waals surface area contributed by atoms with Crippen molar-refractivity contribution < 1.29 is 39.2 Å². The van der Waals surface area contributed by atoms with Crippen molar-refractivity contribution in [3.05, 3.63) is 52.9 Å². The molecule has 4 nitrogen and oxygen atoms in total. The maximum absolute atomic E-state index is 13.8. The Bertz CT molecular complexity index is 742. The van der Waals surface area contributed by atoms with Crippen molar-refractivity contribution in [3.8, 4) is 0 Å². The maximum Gasteiger partial charge on any atom is 1.00 e. The molecular weight excluding hydrogens is 328 g/mol. The van der Waals surface area contributed by atoms with E-state index >= 15 is 0 Å². The van der Waals surface area contributed by atoms with Gasteiger partial charge in [-0.25, -0.2) is 9.87 Å². The van der Waals surface area contributed by atoms with Gasteiger partial charge in [0.2, 0.25) is 0 Å². The van der Waals surface area contributed by atoms with Crippen molar-refractivity contribution in [3.63, 3.8) is 0 Å². The zero-order valence-corrected chi connectivity index (χ0v) is 16.6. The summed E-state index contributed by atoms with van der Waals surface area (Å²) in [5, 5.41) is 17.7. The van der Waals surface area contributed by atoms with Gasteiger partial charge in [-0.15, -0.1) is 12.6 Å². The minimum Gasteiger partial charge on any atom is -0.399 e. The Morgan fingerprint density at radius 3 is 2.84 bits per heavy atom. The molecule has 2 aliphatic rings. The summed E-state index contributed by atoms with van der Waals surface area (Å²) in [6, 6.07) is 4.47. The van der Waals surface area contributed by atoms with Crippen LogP contribution in [0.15, 0.2) is 34.8 Å². The van der Waals surface area contributed by atoms with Crippen LogP contribution in [0.25, 0.3) is 5.57 Å². The SMILES string of the molecule is C[C-]=C1C(=N)C[C@@H](c2ccc(F)cc2C2=CCCN=C2)CC1NO.[Na+]. The Morgan fingerprint density at radius 1 is 1.40 bits per heavy atom. The summed E-state index contributed by atoms with van der Waals surface area (Å²) >= 11 is 0. The molecule has 0 bridgehead atoms. The molecule has 1 aromatic rings. The van der Waals surface area contributed by atoms with Gasteiger partial charge in [-0.2, -0.15) is 5.57 Å². The van der Waals surface area contributed by atoms with E-state index in [1.807, 2.05) is 0 Å². The molecule has 1 fully saturated rings. The zero-order chi connectivity index (χ0) is 17.1. The predicted octanol–water partition coefficient (Wildman–Crippen LogP) is 0.682. The third-order valence-electron chi connectivity index (χ3n) is 4.69. The third kappa shape index (κ3) is 4.36. The van der Waals surface area contributed by atoms with Gasteiger partial charge in [-0.1, -0.05) is 18.6 Å². The molecule has 6 heteroatoms. The van der Waals surface area contributed by atoms with Gasteiger partial charge in [0.25, 0.3) is 0 Å². The van der Waals surface area contributed by atoms with E-state index in [0.717, 1.165) is 29.7 Å². The van der Waals surface area contributed by atoms with E-state index in [4.69, 9.17) is 5.41 Å². The van der Waals surface area contributed by atoms with Crippen LogP contribution in [-0.2, 0) is 0 Å². The van der Waals surface area contributed by atoms with E-state index in [-0.39, 0.29) is 47.3 Å². The van der Waals surface area contributed by atoms with E-state index in [0.29, 0.717) is 24.1 Å². The first-order chi connectivity index (χ1) is 11.6. The average Bonchev–Trinajstić information content (AvgIpc) is 2.61. The van der Waals surface area contributed by atoms with Gasteiger partial charge in [0.05, 0.1) is 0 Å². The first kappa shape index (κ1) is 20.2. The van der Waals surface area contributed by atoms with Gasteiger partial charge in [-0.3, -0.25) is 11.1 Å². The maximum atomic E-state index is 13.8. The molecule has 2 atom stereocenters. The monoisotopic (exact) mass is 349 g/mol. The molecule has 1 unspecified atom stereocenters. The van der Waals surface area contributed by atoms with Crippen molar-refractivity contribution in [1.29, 1.82) is 5.41 Å². The molecule has 3 rings (SSSR count). The Morgan fingerprint density at radius 2 is 2.20 bits per heavy atom. The summed E-state index contributed by atoms with van der Waals surface area (Å²) in [7, 11) is 0. The first-order valence-corrected chi connectivity index (χ1v) is 8.15. The van der Waals surface area contributed by atoms with Crippen LogP contribution in [0, 0.1) is 17.3 Å².